The fourth-order valence-electron chi connectivity index (χ4n) is 2.25. The third kappa shape index (κ3) is 7.51. The Kier molecular flexibility index (Phi) is 8.43. The normalized spacial score (nSPS) is 14.9. The van der Waals surface area contributed by atoms with Gasteiger partial charge < -0.3 is 9.29 Å². The number of rotatable bonds is 7. The van der Waals surface area contributed by atoms with Crippen LogP contribution >= 0.6 is 0 Å². The first-order chi connectivity index (χ1) is 13.5. The lowest BCUT2D eigenvalue weighted by Crippen LogP contribution is -2.48. The topological polar surface area (TPSA) is 61.4 Å². The summed E-state index contributed by atoms with van der Waals surface area (Å²) in [6, 6.07) is -0.213. The Morgan fingerprint density at radius 2 is 1.57 bits per heavy atom. The number of carbonyl (C=O) groups excluding carboxylic acids is 1. The van der Waals surface area contributed by atoms with Crippen LogP contribution in [0.3, 0.4) is 0 Å². The molecule has 2 atom stereocenters. The van der Waals surface area contributed by atoms with Gasteiger partial charge in [0.15, 0.2) is 6.04 Å². The molecule has 0 radical (unpaired) electrons. The molecular weight excluding hydrogens is 436 g/mol. The minimum absolute atomic E-state index is 0.00647. The molecule has 0 bridgehead atoms. The predicted molar refractivity (Wildman–Crippen MR) is 102 cm³/mol. The molecule has 30 heavy (non-hydrogen) atoms. The average molecular weight is 459 g/mol. The number of nitrogens with one attached hydrogen (secondary N) is 1. The summed E-state index contributed by atoms with van der Waals surface area (Å²) in [5.74, 6) is -0.848. The van der Waals surface area contributed by atoms with Gasteiger partial charge in [0.05, 0.1) is 17.7 Å². The van der Waals surface area contributed by atoms with Crippen molar-refractivity contribution in [3.05, 3.63) is 41.5 Å². The highest BCUT2D eigenvalue weighted by molar-refractivity contribution is 7.90. The molecule has 0 spiro atoms. The van der Waals surface area contributed by atoms with E-state index in [1.54, 1.807) is 20.8 Å². The molecule has 4 nitrogen and oxygen atoms in total. The first-order valence-electron chi connectivity index (χ1n) is 8.79. The third-order valence-electron chi connectivity index (χ3n) is 3.82. The number of halogens is 6. The van der Waals surface area contributed by atoms with Crippen LogP contribution in [0.25, 0.3) is 5.57 Å². The summed E-state index contributed by atoms with van der Waals surface area (Å²) in [5, 5.41) is 0. The maximum absolute atomic E-state index is 13.1. The molecule has 0 aromatic heterocycles. The van der Waals surface area contributed by atoms with E-state index in [9.17, 15) is 35.7 Å². The van der Waals surface area contributed by atoms with Crippen LogP contribution in [-0.4, -0.2) is 27.9 Å². The second-order valence-corrected chi connectivity index (χ2v) is 9.40. The van der Waals surface area contributed by atoms with Gasteiger partial charge in [-0.1, -0.05) is 6.58 Å². The first-order valence-corrected chi connectivity index (χ1v) is 9.94. The van der Waals surface area contributed by atoms with Gasteiger partial charge in [-0.3, -0.25) is 4.79 Å². The lowest BCUT2D eigenvalue weighted by Gasteiger charge is -2.27. The molecule has 0 aliphatic heterocycles. The highest BCUT2D eigenvalue weighted by atomic mass is 32.2. The van der Waals surface area contributed by atoms with Crippen molar-refractivity contribution in [2.24, 2.45) is 0 Å². The number of benzene rings is 1. The zero-order chi connectivity index (χ0) is 23.5. The number of esters is 1. The largest absolute Gasteiger partial charge is 0.598 e. The van der Waals surface area contributed by atoms with E-state index in [1.165, 1.54) is 6.92 Å². The van der Waals surface area contributed by atoms with E-state index in [-0.39, 0.29) is 18.2 Å². The van der Waals surface area contributed by atoms with Crippen molar-refractivity contribution >= 4 is 22.9 Å². The highest BCUT2D eigenvalue weighted by Crippen LogP contribution is 2.38. The summed E-state index contributed by atoms with van der Waals surface area (Å²) in [7, 11) is 0. The van der Waals surface area contributed by atoms with Gasteiger partial charge in [0.25, 0.3) is 0 Å². The standard InChI is InChI=1S/C19H23F6NO3S/c1-6-29-16(27)15(26-30(28)17(3,4)5)7-11(2)12-8-13(18(20,21)22)10-14(9-12)19(23,24)25/h8-10,15,26H,2,6-7H2,1,3-5H3/t15-,30?/m1/s1. The van der Waals surface area contributed by atoms with Crippen molar-refractivity contribution in [1.82, 2.24) is 4.72 Å². The average Bonchev–Trinajstić information content (AvgIpc) is 2.58. The number of ether oxygens (including phenoxy) is 1. The van der Waals surface area contributed by atoms with Crippen molar-refractivity contribution < 1.29 is 40.4 Å². The summed E-state index contributed by atoms with van der Waals surface area (Å²) in [6.45, 7) is 9.90. The van der Waals surface area contributed by atoms with E-state index in [0.29, 0.717) is 12.1 Å². The number of hydrogen-bond acceptors (Lipinski definition) is 4. The predicted octanol–water partition coefficient (Wildman–Crippen LogP) is 5.11. The van der Waals surface area contributed by atoms with Crippen LogP contribution in [0.1, 0.15) is 50.8 Å². The van der Waals surface area contributed by atoms with Gasteiger partial charge in [-0.15, -0.1) is 4.72 Å². The molecule has 0 fully saturated rings. The Balaban J connectivity index is 3.29. The smallest absolute Gasteiger partial charge is 0.416 e. The lowest BCUT2D eigenvalue weighted by atomic mass is 9.96. The minimum atomic E-state index is -5.01. The molecule has 0 saturated heterocycles. The quantitative estimate of drug-likeness (QED) is 0.350. The lowest BCUT2D eigenvalue weighted by molar-refractivity contribution is -0.145. The fourth-order valence-corrected chi connectivity index (χ4v) is 3.04. The molecule has 0 aliphatic rings. The van der Waals surface area contributed by atoms with Gasteiger partial charge in [-0.2, -0.15) is 26.3 Å². The zero-order valence-corrected chi connectivity index (χ0v) is 17.6. The summed E-state index contributed by atoms with van der Waals surface area (Å²) < 4.78 is 97.4. The van der Waals surface area contributed by atoms with Crippen LogP contribution in [0.5, 0.6) is 0 Å². The molecule has 170 valence electrons. The molecular formula is C19H23F6NO3S. The van der Waals surface area contributed by atoms with E-state index in [1.807, 2.05) is 0 Å². The molecule has 1 N–H and O–H groups in total. The summed E-state index contributed by atoms with van der Waals surface area (Å²) in [5.41, 5.74) is -3.60. The van der Waals surface area contributed by atoms with E-state index in [0.717, 1.165) is 0 Å². The van der Waals surface area contributed by atoms with Gasteiger partial charge >= 0.3 is 18.3 Å². The molecule has 11 heteroatoms. The van der Waals surface area contributed by atoms with Crippen LogP contribution < -0.4 is 4.72 Å². The SMILES string of the molecule is C=C(C[C@@H](N[S+]([O-])C(C)(C)C)C(=O)OCC)c1cc(C(F)(F)F)cc(C(F)(F)F)c1. The van der Waals surface area contributed by atoms with Crippen molar-refractivity contribution in [1.29, 1.82) is 0 Å². The molecule has 0 saturated carbocycles. The summed E-state index contributed by atoms with van der Waals surface area (Å²) in [6.07, 6.45) is -10.4. The van der Waals surface area contributed by atoms with Gasteiger partial charge in [-0.05, 0) is 57.0 Å². The van der Waals surface area contributed by atoms with E-state index in [4.69, 9.17) is 4.74 Å². The Hall–Kier alpha value is -1.72. The maximum Gasteiger partial charge on any atom is 0.416 e. The first kappa shape index (κ1) is 26.3. The van der Waals surface area contributed by atoms with Gasteiger partial charge in [0.2, 0.25) is 0 Å². The number of carbonyl (C=O) groups is 1. The second kappa shape index (κ2) is 9.61. The van der Waals surface area contributed by atoms with Gasteiger partial charge in [0, 0.05) is 17.8 Å². The van der Waals surface area contributed by atoms with Crippen LogP contribution in [0.4, 0.5) is 26.3 Å². The molecule has 0 amide bonds. The minimum Gasteiger partial charge on any atom is -0.598 e. The van der Waals surface area contributed by atoms with Crippen LogP contribution in [-0.2, 0) is 33.2 Å². The Labute approximate surface area is 174 Å². The molecule has 0 aliphatic carbocycles. The van der Waals surface area contributed by atoms with Crippen LogP contribution in [0.2, 0.25) is 0 Å². The molecule has 1 aromatic carbocycles. The molecule has 0 heterocycles. The van der Waals surface area contributed by atoms with Crippen molar-refractivity contribution in [3.8, 4) is 0 Å². The monoisotopic (exact) mass is 459 g/mol. The van der Waals surface area contributed by atoms with Crippen molar-refractivity contribution in [3.63, 3.8) is 0 Å². The van der Waals surface area contributed by atoms with Crippen molar-refractivity contribution in [2.75, 3.05) is 6.61 Å². The second-order valence-electron chi connectivity index (χ2n) is 7.41. The van der Waals surface area contributed by atoms with E-state index < -0.39 is 63.6 Å². The molecule has 1 aromatic rings. The summed E-state index contributed by atoms with van der Waals surface area (Å²) >= 11 is -1.75. The van der Waals surface area contributed by atoms with Crippen LogP contribution in [0, 0.1) is 0 Å². The number of alkyl halides is 6. The van der Waals surface area contributed by atoms with Crippen molar-refractivity contribution in [2.45, 2.75) is 57.3 Å². The van der Waals surface area contributed by atoms with E-state index in [2.05, 4.69) is 11.3 Å². The number of hydrogen-bond donors (Lipinski definition) is 1. The fraction of sp³-hybridized carbons (Fsp3) is 0.526. The maximum atomic E-state index is 13.1. The van der Waals surface area contributed by atoms with Crippen LogP contribution in [0.15, 0.2) is 24.8 Å². The Bertz CT molecular complexity index is 739. The highest BCUT2D eigenvalue weighted by Gasteiger charge is 2.38. The zero-order valence-electron chi connectivity index (χ0n) is 16.8. The van der Waals surface area contributed by atoms with Gasteiger partial charge in [0.1, 0.15) is 4.75 Å². The molecule has 1 rings (SSSR count). The third-order valence-corrected chi connectivity index (χ3v) is 5.43. The Morgan fingerprint density at radius 1 is 1.10 bits per heavy atom. The Morgan fingerprint density at radius 3 is 1.93 bits per heavy atom. The molecule has 1 unspecified atom stereocenters. The van der Waals surface area contributed by atoms with Gasteiger partial charge in [-0.25, -0.2) is 0 Å². The van der Waals surface area contributed by atoms with E-state index >= 15 is 0 Å². The summed E-state index contributed by atoms with van der Waals surface area (Å²) in [4.78, 5) is 12.2.